The van der Waals surface area contributed by atoms with E-state index >= 15 is 0 Å². The Labute approximate surface area is 116 Å². The lowest BCUT2D eigenvalue weighted by atomic mass is 10.1. The highest BCUT2D eigenvalue weighted by Gasteiger charge is 2.23. The van der Waals surface area contributed by atoms with E-state index < -0.39 is 0 Å². The number of aromatic amines is 1. The summed E-state index contributed by atoms with van der Waals surface area (Å²) in [5.74, 6) is 0.594. The summed E-state index contributed by atoms with van der Waals surface area (Å²) in [6.45, 7) is 1.64. The lowest BCUT2D eigenvalue weighted by Gasteiger charge is -2.32. The maximum atomic E-state index is 12.0. The molecular weight excluding hydrogens is 256 g/mol. The molecule has 0 saturated carbocycles. The molecular formula is C13H16N6O. The van der Waals surface area contributed by atoms with Crippen LogP contribution in [0.5, 0.6) is 0 Å². The second-order valence-electron chi connectivity index (χ2n) is 4.77. The standard InChI is InChI=1S/C13H16N6O/c20-12(11-7-14-9-17-11)18-10-3-1-6-19(8-10)13-15-4-2-5-16-13/h2,4-5,7,9-10H,1,3,6,8H2,(H,14,17)(H,18,20)/t10-/m1/s1. The number of piperidine rings is 1. The molecule has 0 aliphatic carbocycles. The fourth-order valence-electron chi connectivity index (χ4n) is 2.37. The lowest BCUT2D eigenvalue weighted by Crippen LogP contribution is -2.48. The summed E-state index contributed by atoms with van der Waals surface area (Å²) in [4.78, 5) is 29.2. The average molecular weight is 272 g/mol. The van der Waals surface area contributed by atoms with Gasteiger partial charge in [-0.1, -0.05) is 0 Å². The van der Waals surface area contributed by atoms with Gasteiger partial charge in [-0.15, -0.1) is 0 Å². The van der Waals surface area contributed by atoms with Crippen molar-refractivity contribution in [2.24, 2.45) is 0 Å². The first-order chi connectivity index (χ1) is 9.83. The molecule has 104 valence electrons. The molecule has 1 amide bonds. The first-order valence-electron chi connectivity index (χ1n) is 6.64. The van der Waals surface area contributed by atoms with Crippen molar-refractivity contribution in [3.05, 3.63) is 36.7 Å². The second-order valence-corrected chi connectivity index (χ2v) is 4.77. The molecule has 2 aromatic heterocycles. The molecule has 2 N–H and O–H groups in total. The van der Waals surface area contributed by atoms with Crippen LogP contribution in [0.25, 0.3) is 0 Å². The van der Waals surface area contributed by atoms with E-state index in [1.165, 1.54) is 12.5 Å². The molecule has 1 fully saturated rings. The highest BCUT2D eigenvalue weighted by atomic mass is 16.2. The maximum absolute atomic E-state index is 12.0. The number of imidazole rings is 1. The maximum Gasteiger partial charge on any atom is 0.269 e. The third-order valence-corrected chi connectivity index (χ3v) is 3.33. The fraction of sp³-hybridized carbons (Fsp3) is 0.385. The van der Waals surface area contributed by atoms with Crippen LogP contribution >= 0.6 is 0 Å². The third kappa shape index (κ3) is 2.76. The van der Waals surface area contributed by atoms with Crippen LogP contribution in [0.3, 0.4) is 0 Å². The highest BCUT2D eigenvalue weighted by Crippen LogP contribution is 2.15. The highest BCUT2D eigenvalue weighted by molar-refractivity contribution is 5.92. The molecule has 20 heavy (non-hydrogen) atoms. The van der Waals surface area contributed by atoms with Crippen LogP contribution < -0.4 is 10.2 Å². The van der Waals surface area contributed by atoms with E-state index in [2.05, 4.69) is 30.2 Å². The molecule has 0 spiro atoms. The normalized spacial score (nSPS) is 18.8. The number of nitrogens with one attached hydrogen (secondary N) is 2. The van der Waals surface area contributed by atoms with Crippen LogP contribution in [0.2, 0.25) is 0 Å². The van der Waals surface area contributed by atoms with Gasteiger partial charge in [-0.05, 0) is 18.9 Å². The van der Waals surface area contributed by atoms with Gasteiger partial charge < -0.3 is 15.2 Å². The molecule has 3 heterocycles. The minimum atomic E-state index is -0.122. The molecule has 1 aliphatic heterocycles. The molecule has 1 saturated heterocycles. The lowest BCUT2D eigenvalue weighted by molar-refractivity contribution is 0.0928. The second kappa shape index (κ2) is 5.68. The number of hydrogen-bond donors (Lipinski definition) is 2. The van der Waals surface area contributed by atoms with Crippen molar-refractivity contribution in [2.45, 2.75) is 18.9 Å². The predicted molar refractivity (Wildman–Crippen MR) is 73.3 cm³/mol. The van der Waals surface area contributed by atoms with Crippen molar-refractivity contribution in [1.82, 2.24) is 25.3 Å². The van der Waals surface area contributed by atoms with Crippen LogP contribution in [-0.4, -0.2) is 45.0 Å². The Morgan fingerprint density at radius 3 is 3.00 bits per heavy atom. The SMILES string of the molecule is O=C(N[C@@H]1CCCN(c2ncccn2)C1)c1cnc[nH]1. The van der Waals surface area contributed by atoms with Crippen LogP contribution in [0.1, 0.15) is 23.3 Å². The Morgan fingerprint density at radius 1 is 1.40 bits per heavy atom. The van der Waals surface area contributed by atoms with E-state index in [0.29, 0.717) is 11.6 Å². The molecule has 2 aromatic rings. The number of hydrogen-bond acceptors (Lipinski definition) is 5. The molecule has 0 radical (unpaired) electrons. The van der Waals surface area contributed by atoms with E-state index in [1.807, 2.05) is 0 Å². The van der Waals surface area contributed by atoms with Crippen molar-refractivity contribution in [1.29, 1.82) is 0 Å². The largest absolute Gasteiger partial charge is 0.346 e. The van der Waals surface area contributed by atoms with Gasteiger partial charge in [-0.3, -0.25) is 4.79 Å². The predicted octanol–water partition coefficient (Wildman–Crippen LogP) is 0.598. The fourth-order valence-corrected chi connectivity index (χ4v) is 2.37. The summed E-state index contributed by atoms with van der Waals surface area (Å²) in [5.41, 5.74) is 0.484. The van der Waals surface area contributed by atoms with Crippen molar-refractivity contribution in [3.63, 3.8) is 0 Å². The minimum absolute atomic E-state index is 0.100. The first-order valence-corrected chi connectivity index (χ1v) is 6.64. The Hall–Kier alpha value is -2.44. The Balaban J connectivity index is 1.62. The van der Waals surface area contributed by atoms with Gasteiger partial charge in [-0.2, -0.15) is 0 Å². The van der Waals surface area contributed by atoms with Gasteiger partial charge in [0, 0.05) is 31.5 Å². The number of amides is 1. The summed E-state index contributed by atoms with van der Waals surface area (Å²) in [5, 5.41) is 3.01. The van der Waals surface area contributed by atoms with E-state index in [-0.39, 0.29) is 11.9 Å². The number of aromatic nitrogens is 4. The van der Waals surface area contributed by atoms with Crippen molar-refractivity contribution in [3.8, 4) is 0 Å². The molecule has 1 atom stereocenters. The van der Waals surface area contributed by atoms with E-state index in [1.54, 1.807) is 18.5 Å². The number of anilines is 1. The van der Waals surface area contributed by atoms with Crippen LogP contribution in [0, 0.1) is 0 Å². The summed E-state index contributed by atoms with van der Waals surface area (Å²) >= 11 is 0. The Morgan fingerprint density at radius 2 is 2.25 bits per heavy atom. The number of nitrogens with zero attached hydrogens (tertiary/aromatic N) is 4. The van der Waals surface area contributed by atoms with Gasteiger partial charge in [0.2, 0.25) is 5.95 Å². The van der Waals surface area contributed by atoms with Gasteiger partial charge >= 0.3 is 0 Å². The smallest absolute Gasteiger partial charge is 0.269 e. The zero-order chi connectivity index (χ0) is 13.8. The molecule has 0 bridgehead atoms. The number of H-pyrrole nitrogens is 1. The van der Waals surface area contributed by atoms with Crippen molar-refractivity contribution >= 4 is 11.9 Å². The van der Waals surface area contributed by atoms with Crippen LogP contribution in [0.4, 0.5) is 5.95 Å². The van der Waals surface area contributed by atoms with E-state index in [4.69, 9.17) is 0 Å². The number of carbonyl (C=O) groups is 1. The summed E-state index contributed by atoms with van der Waals surface area (Å²) < 4.78 is 0. The molecule has 0 aromatic carbocycles. The van der Waals surface area contributed by atoms with Gasteiger partial charge in [-0.25, -0.2) is 15.0 Å². The van der Waals surface area contributed by atoms with Crippen molar-refractivity contribution in [2.75, 3.05) is 18.0 Å². The molecule has 7 heteroatoms. The van der Waals surface area contributed by atoms with E-state index in [9.17, 15) is 4.79 Å². The average Bonchev–Trinajstić information content (AvgIpc) is 3.03. The summed E-state index contributed by atoms with van der Waals surface area (Å²) in [6, 6.07) is 1.90. The topological polar surface area (TPSA) is 86.8 Å². The molecule has 3 rings (SSSR count). The molecule has 7 nitrogen and oxygen atoms in total. The van der Waals surface area contributed by atoms with Gasteiger partial charge in [0.25, 0.3) is 5.91 Å². The van der Waals surface area contributed by atoms with E-state index in [0.717, 1.165) is 25.9 Å². The van der Waals surface area contributed by atoms with Crippen LogP contribution in [-0.2, 0) is 0 Å². The summed E-state index contributed by atoms with van der Waals surface area (Å²) in [7, 11) is 0. The van der Waals surface area contributed by atoms with Crippen LogP contribution in [0.15, 0.2) is 31.0 Å². The molecule has 1 aliphatic rings. The Kier molecular flexibility index (Phi) is 3.58. The third-order valence-electron chi connectivity index (χ3n) is 3.33. The Bertz CT molecular complexity index is 556. The number of carbonyl (C=O) groups excluding carboxylic acids is 1. The number of rotatable bonds is 3. The quantitative estimate of drug-likeness (QED) is 0.854. The van der Waals surface area contributed by atoms with Gasteiger partial charge in [0.05, 0.1) is 12.5 Å². The van der Waals surface area contributed by atoms with Gasteiger partial charge in [0.1, 0.15) is 5.69 Å². The molecule has 0 unspecified atom stereocenters. The van der Waals surface area contributed by atoms with Gasteiger partial charge in [0.15, 0.2) is 0 Å². The zero-order valence-corrected chi connectivity index (χ0v) is 11.0. The zero-order valence-electron chi connectivity index (χ0n) is 11.0. The first kappa shape index (κ1) is 12.6. The summed E-state index contributed by atoms with van der Waals surface area (Å²) in [6.07, 6.45) is 8.45. The van der Waals surface area contributed by atoms with Crippen molar-refractivity contribution < 1.29 is 4.79 Å². The monoisotopic (exact) mass is 272 g/mol. The minimum Gasteiger partial charge on any atom is -0.346 e.